The van der Waals surface area contributed by atoms with Crippen LogP contribution in [0, 0.1) is 32.1 Å². The first kappa shape index (κ1) is 13.6. The van der Waals surface area contributed by atoms with Gasteiger partial charge in [-0.25, -0.2) is 0 Å². The van der Waals surface area contributed by atoms with Crippen LogP contribution in [0.25, 0.3) is 0 Å². The SMILES string of the molecule is C#CC1CC1(Oc1ccccc1C)Oc1ccccc1C. The summed E-state index contributed by atoms with van der Waals surface area (Å²) in [5.74, 6) is 3.66. The Kier molecular flexibility index (Phi) is 3.35. The molecule has 0 heterocycles. The first-order valence-electron chi connectivity index (χ1n) is 7.10. The van der Waals surface area contributed by atoms with E-state index < -0.39 is 5.79 Å². The second-order valence-electron chi connectivity index (χ2n) is 5.47. The van der Waals surface area contributed by atoms with Crippen molar-refractivity contribution < 1.29 is 9.47 Å². The van der Waals surface area contributed by atoms with Crippen LogP contribution < -0.4 is 9.47 Å². The molecule has 1 saturated carbocycles. The summed E-state index contributed by atoms with van der Waals surface area (Å²) in [5.41, 5.74) is 2.15. The molecule has 106 valence electrons. The van der Waals surface area contributed by atoms with Crippen molar-refractivity contribution in [1.82, 2.24) is 0 Å². The Balaban J connectivity index is 1.87. The zero-order valence-corrected chi connectivity index (χ0v) is 12.3. The van der Waals surface area contributed by atoms with Gasteiger partial charge < -0.3 is 9.47 Å². The quantitative estimate of drug-likeness (QED) is 0.619. The average molecular weight is 278 g/mol. The summed E-state index contributed by atoms with van der Waals surface area (Å²) < 4.78 is 12.3. The molecule has 1 aliphatic rings. The highest BCUT2D eigenvalue weighted by molar-refractivity contribution is 5.37. The van der Waals surface area contributed by atoms with Gasteiger partial charge in [-0.3, -0.25) is 0 Å². The Labute approximate surface area is 125 Å². The normalized spacial score (nSPS) is 18.6. The Morgan fingerprint density at radius 2 is 1.43 bits per heavy atom. The highest BCUT2D eigenvalue weighted by Gasteiger charge is 2.60. The lowest BCUT2D eigenvalue weighted by atomic mass is 10.2. The first-order valence-corrected chi connectivity index (χ1v) is 7.10. The summed E-state index contributed by atoms with van der Waals surface area (Å²) in [5, 5.41) is 0. The summed E-state index contributed by atoms with van der Waals surface area (Å²) in [7, 11) is 0. The smallest absolute Gasteiger partial charge is 0.266 e. The maximum absolute atomic E-state index is 6.14. The average Bonchev–Trinajstić information content (AvgIpc) is 3.17. The largest absolute Gasteiger partial charge is 0.451 e. The predicted octanol–water partition coefficient (Wildman–Crippen LogP) is 4.11. The molecular weight excluding hydrogens is 260 g/mol. The van der Waals surface area contributed by atoms with Gasteiger partial charge in [-0.15, -0.1) is 6.42 Å². The molecule has 21 heavy (non-hydrogen) atoms. The summed E-state index contributed by atoms with van der Waals surface area (Å²) in [4.78, 5) is 0. The summed E-state index contributed by atoms with van der Waals surface area (Å²) in [6.07, 6.45) is 6.30. The lowest BCUT2D eigenvalue weighted by molar-refractivity contribution is -0.0305. The minimum Gasteiger partial charge on any atom is -0.451 e. The van der Waals surface area contributed by atoms with Crippen LogP contribution in [0.5, 0.6) is 11.5 Å². The Hall–Kier alpha value is -2.40. The van der Waals surface area contributed by atoms with Crippen LogP contribution in [-0.4, -0.2) is 5.79 Å². The minimum absolute atomic E-state index is 0.0169. The fourth-order valence-corrected chi connectivity index (χ4v) is 2.37. The van der Waals surface area contributed by atoms with Crippen LogP contribution >= 0.6 is 0 Å². The predicted molar refractivity (Wildman–Crippen MR) is 83.3 cm³/mol. The number of ether oxygens (including phenoxy) is 2. The lowest BCUT2D eigenvalue weighted by Gasteiger charge is -2.22. The molecule has 0 spiro atoms. The zero-order valence-electron chi connectivity index (χ0n) is 12.3. The Morgan fingerprint density at radius 3 is 1.81 bits per heavy atom. The molecule has 0 amide bonds. The Morgan fingerprint density at radius 1 is 0.952 bits per heavy atom. The fourth-order valence-electron chi connectivity index (χ4n) is 2.37. The van der Waals surface area contributed by atoms with Gasteiger partial charge in [-0.1, -0.05) is 42.3 Å². The number of terminal acetylenes is 1. The van der Waals surface area contributed by atoms with Crippen LogP contribution in [0.4, 0.5) is 0 Å². The van der Waals surface area contributed by atoms with Crippen molar-refractivity contribution in [3.05, 3.63) is 59.7 Å². The molecular formula is C19H18O2. The van der Waals surface area contributed by atoms with Crippen molar-refractivity contribution in [1.29, 1.82) is 0 Å². The van der Waals surface area contributed by atoms with Gasteiger partial charge in [0.05, 0.1) is 0 Å². The summed E-state index contributed by atoms with van der Waals surface area (Å²) in [6.45, 7) is 4.04. The summed E-state index contributed by atoms with van der Waals surface area (Å²) in [6, 6.07) is 15.8. The Bertz CT molecular complexity index is 649. The minimum atomic E-state index is -0.729. The van der Waals surface area contributed by atoms with Crippen LogP contribution in [0.15, 0.2) is 48.5 Å². The second kappa shape index (κ2) is 5.18. The van der Waals surface area contributed by atoms with E-state index in [4.69, 9.17) is 15.9 Å². The molecule has 0 bridgehead atoms. The fraction of sp³-hybridized carbons (Fsp3) is 0.263. The van der Waals surface area contributed by atoms with E-state index in [1.165, 1.54) is 0 Å². The lowest BCUT2D eigenvalue weighted by Crippen LogP contribution is -2.29. The highest BCUT2D eigenvalue weighted by atomic mass is 16.7. The number of rotatable bonds is 4. The van der Waals surface area contributed by atoms with Gasteiger partial charge >= 0.3 is 0 Å². The van der Waals surface area contributed by atoms with Crippen molar-refractivity contribution in [2.24, 2.45) is 5.92 Å². The second-order valence-corrected chi connectivity index (χ2v) is 5.47. The van der Waals surface area contributed by atoms with E-state index in [1.54, 1.807) is 0 Å². The van der Waals surface area contributed by atoms with E-state index in [-0.39, 0.29) is 5.92 Å². The molecule has 2 nitrogen and oxygen atoms in total. The van der Waals surface area contributed by atoms with Gasteiger partial charge in [0.15, 0.2) is 0 Å². The van der Waals surface area contributed by atoms with Crippen molar-refractivity contribution in [2.45, 2.75) is 26.1 Å². The van der Waals surface area contributed by atoms with Gasteiger partial charge in [0.1, 0.15) is 17.4 Å². The number of benzene rings is 2. The van der Waals surface area contributed by atoms with Crippen molar-refractivity contribution in [2.75, 3.05) is 0 Å². The van der Waals surface area contributed by atoms with E-state index in [9.17, 15) is 0 Å². The molecule has 2 aromatic carbocycles. The molecule has 2 aromatic rings. The molecule has 0 radical (unpaired) electrons. The molecule has 0 aliphatic heterocycles. The number of hydrogen-bond donors (Lipinski definition) is 0. The van der Waals surface area contributed by atoms with Gasteiger partial charge in [0.2, 0.25) is 0 Å². The molecule has 0 aromatic heterocycles. The van der Waals surface area contributed by atoms with Crippen LogP contribution in [0.1, 0.15) is 17.5 Å². The molecule has 0 saturated heterocycles. The highest BCUT2D eigenvalue weighted by Crippen LogP contribution is 2.48. The van der Waals surface area contributed by atoms with E-state index in [2.05, 4.69) is 5.92 Å². The third kappa shape index (κ3) is 2.60. The molecule has 1 fully saturated rings. The van der Waals surface area contributed by atoms with Crippen LogP contribution in [0.2, 0.25) is 0 Å². The topological polar surface area (TPSA) is 18.5 Å². The number of hydrogen-bond acceptors (Lipinski definition) is 2. The maximum Gasteiger partial charge on any atom is 0.266 e. The third-order valence-corrected chi connectivity index (χ3v) is 3.81. The monoisotopic (exact) mass is 278 g/mol. The van der Waals surface area contributed by atoms with Crippen molar-refractivity contribution >= 4 is 0 Å². The number of aryl methyl sites for hydroxylation is 2. The van der Waals surface area contributed by atoms with Gasteiger partial charge in [-0.05, 0) is 37.1 Å². The van der Waals surface area contributed by atoms with Gasteiger partial charge in [0, 0.05) is 6.42 Å². The van der Waals surface area contributed by atoms with E-state index in [0.717, 1.165) is 22.6 Å². The van der Waals surface area contributed by atoms with E-state index in [1.807, 2.05) is 62.4 Å². The summed E-state index contributed by atoms with van der Waals surface area (Å²) >= 11 is 0. The number of para-hydroxylation sites is 2. The molecule has 1 atom stereocenters. The first-order chi connectivity index (χ1) is 10.1. The third-order valence-electron chi connectivity index (χ3n) is 3.81. The van der Waals surface area contributed by atoms with E-state index >= 15 is 0 Å². The molecule has 0 N–H and O–H groups in total. The van der Waals surface area contributed by atoms with Crippen LogP contribution in [-0.2, 0) is 0 Å². The standard InChI is InChI=1S/C19H18O2/c1-4-16-13-19(16,20-17-11-7-5-9-14(17)2)21-18-12-8-6-10-15(18)3/h1,5-12,16H,13H2,2-3H3. The van der Waals surface area contributed by atoms with Crippen LogP contribution in [0.3, 0.4) is 0 Å². The van der Waals surface area contributed by atoms with Crippen molar-refractivity contribution in [3.63, 3.8) is 0 Å². The van der Waals surface area contributed by atoms with Gasteiger partial charge in [0.25, 0.3) is 5.79 Å². The van der Waals surface area contributed by atoms with Gasteiger partial charge in [-0.2, -0.15) is 0 Å². The maximum atomic E-state index is 6.14. The molecule has 1 aliphatic carbocycles. The van der Waals surface area contributed by atoms with E-state index in [0.29, 0.717) is 6.42 Å². The van der Waals surface area contributed by atoms with Crippen molar-refractivity contribution in [3.8, 4) is 23.8 Å². The molecule has 1 unspecified atom stereocenters. The zero-order chi connectivity index (χ0) is 14.9. The molecule has 2 heteroatoms. The molecule has 3 rings (SSSR count).